The molecule has 1 aliphatic heterocycles. The molecule has 25 heavy (non-hydrogen) atoms. The maximum atomic E-state index is 13.1. The van der Waals surface area contributed by atoms with Crippen LogP contribution in [-0.2, 0) is 17.8 Å². The largest absolute Gasteiger partial charge is 0.340 e. The fourth-order valence-electron chi connectivity index (χ4n) is 3.13. The molecule has 0 saturated heterocycles. The van der Waals surface area contributed by atoms with E-state index in [4.69, 9.17) is 0 Å². The monoisotopic (exact) mass is 356 g/mol. The number of rotatable bonds is 5. The first-order chi connectivity index (χ1) is 12.1. The van der Waals surface area contributed by atoms with Gasteiger partial charge in [-0.15, -0.1) is 11.3 Å². The van der Waals surface area contributed by atoms with E-state index in [9.17, 15) is 9.59 Å². The summed E-state index contributed by atoms with van der Waals surface area (Å²) < 4.78 is 0. The number of carbonyl (C=O) groups excluding carboxylic acids is 2. The Hall–Kier alpha value is -2.14. The van der Waals surface area contributed by atoms with Crippen LogP contribution in [-0.4, -0.2) is 29.3 Å². The summed E-state index contributed by atoms with van der Waals surface area (Å²) in [6.45, 7) is 5.44. The first-order valence-electron chi connectivity index (χ1n) is 8.80. The van der Waals surface area contributed by atoms with E-state index in [2.05, 4.69) is 16.8 Å². The Morgan fingerprint density at radius 1 is 1.24 bits per heavy atom. The highest BCUT2D eigenvalue weighted by molar-refractivity contribution is 7.10. The van der Waals surface area contributed by atoms with Crippen molar-refractivity contribution in [3.05, 3.63) is 57.8 Å². The van der Waals surface area contributed by atoms with Crippen molar-refractivity contribution in [1.29, 1.82) is 0 Å². The number of hydrogen-bond donors (Lipinski definition) is 1. The van der Waals surface area contributed by atoms with E-state index in [0.717, 1.165) is 19.4 Å². The zero-order valence-corrected chi connectivity index (χ0v) is 15.5. The van der Waals surface area contributed by atoms with Crippen molar-refractivity contribution in [2.24, 2.45) is 5.92 Å². The van der Waals surface area contributed by atoms with Gasteiger partial charge in [-0.05, 0) is 41.5 Å². The van der Waals surface area contributed by atoms with Crippen LogP contribution in [0.4, 0.5) is 0 Å². The highest BCUT2D eigenvalue weighted by Crippen LogP contribution is 2.25. The first kappa shape index (κ1) is 17.7. The molecule has 0 radical (unpaired) electrons. The highest BCUT2D eigenvalue weighted by Gasteiger charge is 2.32. The molecule has 0 unspecified atom stereocenters. The lowest BCUT2D eigenvalue weighted by Gasteiger charge is -2.33. The van der Waals surface area contributed by atoms with E-state index in [-0.39, 0.29) is 17.7 Å². The molecule has 0 bridgehead atoms. The second-order valence-electron chi connectivity index (χ2n) is 6.58. The van der Waals surface area contributed by atoms with Crippen molar-refractivity contribution in [1.82, 2.24) is 10.2 Å². The minimum Gasteiger partial charge on any atom is -0.340 e. The maximum Gasteiger partial charge on any atom is 0.251 e. The van der Waals surface area contributed by atoms with Crippen LogP contribution in [0.25, 0.3) is 0 Å². The molecule has 1 aliphatic rings. The molecule has 1 aromatic carbocycles. The quantitative estimate of drug-likeness (QED) is 0.892. The molecule has 0 aliphatic carbocycles. The summed E-state index contributed by atoms with van der Waals surface area (Å²) in [5.74, 6) is -0.0769. The smallest absolute Gasteiger partial charge is 0.251 e. The molecule has 5 heteroatoms. The van der Waals surface area contributed by atoms with E-state index in [1.54, 1.807) is 23.5 Å². The van der Waals surface area contributed by atoms with E-state index < -0.39 is 6.04 Å². The van der Waals surface area contributed by atoms with Gasteiger partial charge in [-0.3, -0.25) is 9.59 Å². The molecular weight excluding hydrogens is 332 g/mol. The standard InChI is InChI=1S/C20H24N2O2S/c1-3-14(2)18(21-19(23)15-7-5-4-6-8-15)20(24)22-11-9-17-16(13-22)10-12-25-17/h4-8,10,12,14,18H,3,9,11,13H2,1-2H3,(H,21,23)/t14-,18+/m1/s1. The fraction of sp³-hybridized carbons (Fsp3) is 0.400. The third-order valence-corrected chi connectivity index (χ3v) is 5.94. The number of nitrogens with zero attached hydrogens (tertiary/aromatic N) is 1. The van der Waals surface area contributed by atoms with Gasteiger partial charge < -0.3 is 10.2 Å². The third-order valence-electron chi connectivity index (χ3n) is 4.92. The van der Waals surface area contributed by atoms with E-state index >= 15 is 0 Å². The summed E-state index contributed by atoms with van der Waals surface area (Å²) in [7, 11) is 0. The van der Waals surface area contributed by atoms with Crippen LogP contribution in [0.2, 0.25) is 0 Å². The van der Waals surface area contributed by atoms with Gasteiger partial charge in [-0.1, -0.05) is 38.5 Å². The van der Waals surface area contributed by atoms with Gasteiger partial charge in [0, 0.05) is 23.5 Å². The summed E-state index contributed by atoms with van der Waals surface area (Å²) in [5.41, 5.74) is 1.82. The molecule has 2 amide bonds. The van der Waals surface area contributed by atoms with Gasteiger partial charge in [0.05, 0.1) is 0 Å². The van der Waals surface area contributed by atoms with Crippen LogP contribution >= 0.6 is 11.3 Å². The number of amides is 2. The highest BCUT2D eigenvalue weighted by atomic mass is 32.1. The van der Waals surface area contributed by atoms with E-state index in [1.165, 1.54) is 10.4 Å². The van der Waals surface area contributed by atoms with Crippen LogP contribution in [0, 0.1) is 5.92 Å². The average Bonchev–Trinajstić information content (AvgIpc) is 3.13. The maximum absolute atomic E-state index is 13.1. The lowest BCUT2D eigenvalue weighted by Crippen LogP contribution is -2.52. The summed E-state index contributed by atoms with van der Waals surface area (Å²) in [6, 6.07) is 10.7. The van der Waals surface area contributed by atoms with Crippen LogP contribution in [0.15, 0.2) is 41.8 Å². The van der Waals surface area contributed by atoms with E-state index in [0.29, 0.717) is 12.1 Å². The summed E-state index contributed by atoms with van der Waals surface area (Å²) in [4.78, 5) is 28.9. The Morgan fingerprint density at radius 3 is 2.72 bits per heavy atom. The molecular formula is C20H24N2O2S. The van der Waals surface area contributed by atoms with Gasteiger partial charge in [-0.25, -0.2) is 0 Å². The van der Waals surface area contributed by atoms with Crippen LogP contribution < -0.4 is 5.32 Å². The number of hydrogen-bond acceptors (Lipinski definition) is 3. The van der Waals surface area contributed by atoms with Gasteiger partial charge in [0.15, 0.2) is 0 Å². The zero-order valence-electron chi connectivity index (χ0n) is 14.7. The minimum absolute atomic E-state index is 0.0236. The number of benzene rings is 1. The minimum atomic E-state index is -0.488. The van der Waals surface area contributed by atoms with Crippen molar-refractivity contribution in [3.8, 4) is 0 Å². The molecule has 2 atom stereocenters. The van der Waals surface area contributed by atoms with Gasteiger partial charge in [0.1, 0.15) is 6.04 Å². The molecule has 2 heterocycles. The summed E-state index contributed by atoms with van der Waals surface area (Å²) in [5, 5.41) is 5.06. The Morgan fingerprint density at radius 2 is 2.00 bits per heavy atom. The van der Waals surface area contributed by atoms with E-state index in [1.807, 2.05) is 36.9 Å². The molecule has 3 rings (SSSR count). The molecule has 0 fully saturated rings. The summed E-state index contributed by atoms with van der Waals surface area (Å²) in [6.07, 6.45) is 1.74. The third kappa shape index (κ3) is 3.93. The van der Waals surface area contributed by atoms with Crippen LogP contribution in [0.5, 0.6) is 0 Å². The molecule has 2 aromatic rings. The number of thiophene rings is 1. The van der Waals surface area contributed by atoms with Gasteiger partial charge in [0.2, 0.25) is 5.91 Å². The molecule has 4 nitrogen and oxygen atoms in total. The first-order valence-corrected chi connectivity index (χ1v) is 9.68. The van der Waals surface area contributed by atoms with Crippen LogP contribution in [0.3, 0.4) is 0 Å². The Balaban J connectivity index is 1.74. The second-order valence-corrected chi connectivity index (χ2v) is 7.58. The molecule has 1 N–H and O–H groups in total. The fourth-order valence-corrected chi connectivity index (χ4v) is 4.02. The van der Waals surface area contributed by atoms with Crippen molar-refractivity contribution in [2.75, 3.05) is 6.54 Å². The average molecular weight is 356 g/mol. The Labute approximate surface area is 152 Å². The summed E-state index contributed by atoms with van der Waals surface area (Å²) >= 11 is 1.76. The number of carbonyl (C=O) groups is 2. The number of nitrogens with one attached hydrogen (secondary N) is 1. The second kappa shape index (κ2) is 7.83. The zero-order chi connectivity index (χ0) is 17.8. The van der Waals surface area contributed by atoms with Gasteiger partial charge in [0.25, 0.3) is 5.91 Å². The van der Waals surface area contributed by atoms with Crippen molar-refractivity contribution in [2.45, 2.75) is 39.3 Å². The normalized spacial score (nSPS) is 16.0. The van der Waals surface area contributed by atoms with Crippen molar-refractivity contribution in [3.63, 3.8) is 0 Å². The SMILES string of the molecule is CC[C@@H](C)[C@H](NC(=O)c1ccccc1)C(=O)N1CCc2sccc2C1. The van der Waals surface area contributed by atoms with Crippen molar-refractivity contribution >= 4 is 23.2 Å². The van der Waals surface area contributed by atoms with Gasteiger partial charge >= 0.3 is 0 Å². The lowest BCUT2D eigenvalue weighted by atomic mass is 9.96. The molecule has 0 spiro atoms. The van der Waals surface area contributed by atoms with Crippen LogP contribution in [0.1, 0.15) is 41.1 Å². The molecule has 0 saturated carbocycles. The number of fused-ring (bicyclic) bond motifs is 1. The Bertz CT molecular complexity index is 741. The predicted molar refractivity (Wildman–Crippen MR) is 101 cm³/mol. The topological polar surface area (TPSA) is 49.4 Å². The lowest BCUT2D eigenvalue weighted by molar-refractivity contribution is -0.135. The molecule has 132 valence electrons. The van der Waals surface area contributed by atoms with Gasteiger partial charge in [-0.2, -0.15) is 0 Å². The van der Waals surface area contributed by atoms with Crippen molar-refractivity contribution < 1.29 is 9.59 Å². The predicted octanol–water partition coefficient (Wildman–Crippen LogP) is 3.48. The Kier molecular flexibility index (Phi) is 5.53. The molecule has 1 aromatic heterocycles.